The Labute approximate surface area is 128 Å². The van der Waals surface area contributed by atoms with E-state index in [4.69, 9.17) is 22.1 Å². The van der Waals surface area contributed by atoms with Crippen LogP contribution in [0.4, 0.5) is 11.8 Å². The molecule has 1 saturated heterocycles. The number of ether oxygens (including phenoxy) is 1. The van der Waals surface area contributed by atoms with Gasteiger partial charge < -0.3 is 15.4 Å². The number of para-hydroxylation sites is 1. The van der Waals surface area contributed by atoms with Crippen molar-refractivity contribution in [2.75, 3.05) is 23.7 Å². The van der Waals surface area contributed by atoms with E-state index >= 15 is 0 Å². The molecule has 0 unspecified atom stereocenters. The van der Waals surface area contributed by atoms with Gasteiger partial charge in [0.15, 0.2) is 0 Å². The average Bonchev–Trinajstić information content (AvgIpc) is 2.40. The summed E-state index contributed by atoms with van der Waals surface area (Å²) in [4.78, 5) is 10.6. The second-order valence-electron chi connectivity index (χ2n) is 5.19. The summed E-state index contributed by atoms with van der Waals surface area (Å²) in [5.74, 6) is 1.92. The normalized spacial score (nSPS) is 14.9. The van der Waals surface area contributed by atoms with E-state index in [1.165, 1.54) is 0 Å². The Morgan fingerprint density at radius 3 is 2.67 bits per heavy atom. The van der Waals surface area contributed by atoms with Gasteiger partial charge in [-0.15, -0.1) is 0 Å². The first kappa shape index (κ1) is 13.9. The third-order valence-corrected chi connectivity index (χ3v) is 3.97. The second-order valence-corrected chi connectivity index (χ2v) is 5.60. The van der Waals surface area contributed by atoms with Crippen molar-refractivity contribution in [3.63, 3.8) is 0 Å². The van der Waals surface area contributed by atoms with Crippen molar-refractivity contribution in [1.29, 1.82) is 0 Å². The number of benzene rings is 1. The first-order valence-electron chi connectivity index (χ1n) is 6.81. The molecule has 2 heterocycles. The minimum absolute atomic E-state index is 0.112. The molecule has 0 spiro atoms. The van der Waals surface area contributed by atoms with Crippen LogP contribution in [0.25, 0.3) is 0 Å². The SMILES string of the molecule is Cc1nc(N)nc(N2CC(Oc3ccccc3Cl)C2)c1C. The number of nitrogens with zero attached hydrogens (tertiary/aromatic N) is 3. The van der Waals surface area contributed by atoms with Crippen molar-refractivity contribution < 1.29 is 4.74 Å². The number of aryl methyl sites for hydroxylation is 1. The van der Waals surface area contributed by atoms with Crippen LogP contribution in [0.1, 0.15) is 11.3 Å². The standard InChI is InChI=1S/C15H17ClN4O/c1-9-10(2)18-15(17)19-14(9)20-7-11(8-20)21-13-6-4-3-5-12(13)16/h3-6,11H,7-8H2,1-2H3,(H2,17,18,19). The molecule has 1 aromatic carbocycles. The Balaban J connectivity index is 1.68. The third-order valence-electron chi connectivity index (χ3n) is 3.66. The van der Waals surface area contributed by atoms with Crippen LogP contribution >= 0.6 is 11.6 Å². The van der Waals surface area contributed by atoms with Gasteiger partial charge in [-0.3, -0.25) is 0 Å². The van der Waals surface area contributed by atoms with Gasteiger partial charge in [0.25, 0.3) is 0 Å². The fourth-order valence-electron chi connectivity index (χ4n) is 2.35. The van der Waals surface area contributed by atoms with Crippen LogP contribution < -0.4 is 15.4 Å². The van der Waals surface area contributed by atoms with E-state index < -0.39 is 0 Å². The van der Waals surface area contributed by atoms with Crippen LogP contribution in [0.15, 0.2) is 24.3 Å². The fourth-order valence-corrected chi connectivity index (χ4v) is 2.53. The molecule has 0 aliphatic carbocycles. The van der Waals surface area contributed by atoms with E-state index in [2.05, 4.69) is 14.9 Å². The first-order chi connectivity index (χ1) is 10.0. The number of hydrogen-bond donors (Lipinski definition) is 1. The van der Waals surface area contributed by atoms with Crippen LogP contribution in [-0.4, -0.2) is 29.2 Å². The number of anilines is 2. The van der Waals surface area contributed by atoms with Crippen molar-refractivity contribution in [3.05, 3.63) is 40.5 Å². The highest BCUT2D eigenvalue weighted by atomic mass is 35.5. The summed E-state index contributed by atoms with van der Waals surface area (Å²) in [6, 6.07) is 7.50. The van der Waals surface area contributed by atoms with Gasteiger partial charge in [-0.2, -0.15) is 4.98 Å². The summed E-state index contributed by atoms with van der Waals surface area (Å²) in [5, 5.41) is 0.634. The summed E-state index contributed by atoms with van der Waals surface area (Å²) < 4.78 is 5.88. The Morgan fingerprint density at radius 1 is 1.24 bits per heavy atom. The predicted molar refractivity (Wildman–Crippen MR) is 84.0 cm³/mol. The van der Waals surface area contributed by atoms with Gasteiger partial charge in [0, 0.05) is 11.3 Å². The predicted octanol–water partition coefficient (Wildman–Crippen LogP) is 2.60. The third kappa shape index (κ3) is 2.74. The molecule has 2 aromatic rings. The molecule has 1 aliphatic rings. The second kappa shape index (κ2) is 5.41. The maximum Gasteiger partial charge on any atom is 0.222 e. The van der Waals surface area contributed by atoms with Crippen LogP contribution in [0, 0.1) is 13.8 Å². The molecule has 110 valence electrons. The number of aromatic nitrogens is 2. The minimum Gasteiger partial charge on any atom is -0.485 e. The molecule has 5 nitrogen and oxygen atoms in total. The topological polar surface area (TPSA) is 64.3 Å². The maximum atomic E-state index is 6.09. The highest BCUT2D eigenvalue weighted by molar-refractivity contribution is 6.32. The monoisotopic (exact) mass is 304 g/mol. The molecule has 3 rings (SSSR count). The van der Waals surface area contributed by atoms with Crippen molar-refractivity contribution in [1.82, 2.24) is 9.97 Å². The largest absolute Gasteiger partial charge is 0.485 e. The van der Waals surface area contributed by atoms with E-state index in [-0.39, 0.29) is 6.10 Å². The fraction of sp³-hybridized carbons (Fsp3) is 0.333. The summed E-state index contributed by atoms with van der Waals surface area (Å²) in [6.45, 7) is 5.48. The van der Waals surface area contributed by atoms with Gasteiger partial charge >= 0.3 is 0 Å². The van der Waals surface area contributed by atoms with Crippen molar-refractivity contribution >= 4 is 23.4 Å². The first-order valence-corrected chi connectivity index (χ1v) is 7.19. The van der Waals surface area contributed by atoms with E-state index in [1.54, 1.807) is 0 Å². The lowest BCUT2D eigenvalue weighted by molar-refractivity contribution is 0.167. The van der Waals surface area contributed by atoms with Crippen LogP contribution in [0.5, 0.6) is 5.75 Å². The smallest absolute Gasteiger partial charge is 0.222 e. The number of nitrogen functional groups attached to an aromatic ring is 1. The van der Waals surface area contributed by atoms with Gasteiger partial charge in [0.2, 0.25) is 5.95 Å². The molecule has 2 N–H and O–H groups in total. The van der Waals surface area contributed by atoms with Crippen molar-refractivity contribution in [2.24, 2.45) is 0 Å². The zero-order chi connectivity index (χ0) is 15.0. The molecule has 21 heavy (non-hydrogen) atoms. The summed E-state index contributed by atoms with van der Waals surface area (Å²) in [5.41, 5.74) is 7.69. The molecular weight excluding hydrogens is 288 g/mol. The number of nitrogens with two attached hydrogens (primary N) is 1. The molecule has 0 saturated carbocycles. The average molecular weight is 305 g/mol. The quantitative estimate of drug-likeness (QED) is 0.944. The van der Waals surface area contributed by atoms with E-state index in [9.17, 15) is 0 Å². The van der Waals surface area contributed by atoms with Gasteiger partial charge in [0.1, 0.15) is 17.7 Å². The van der Waals surface area contributed by atoms with Crippen molar-refractivity contribution in [3.8, 4) is 5.75 Å². The van der Waals surface area contributed by atoms with Gasteiger partial charge in [-0.25, -0.2) is 4.98 Å². The van der Waals surface area contributed by atoms with Crippen LogP contribution in [0.2, 0.25) is 5.02 Å². The lowest BCUT2D eigenvalue weighted by atomic mass is 10.1. The summed E-state index contributed by atoms with van der Waals surface area (Å²) >= 11 is 6.09. The van der Waals surface area contributed by atoms with Crippen LogP contribution in [-0.2, 0) is 0 Å². The maximum absolute atomic E-state index is 6.09. The molecule has 0 bridgehead atoms. The zero-order valence-corrected chi connectivity index (χ0v) is 12.8. The number of rotatable bonds is 3. The van der Waals surface area contributed by atoms with E-state index in [0.717, 1.165) is 35.9 Å². The Morgan fingerprint density at radius 2 is 1.95 bits per heavy atom. The zero-order valence-electron chi connectivity index (χ0n) is 12.0. The lowest BCUT2D eigenvalue weighted by Gasteiger charge is -2.40. The molecule has 0 amide bonds. The van der Waals surface area contributed by atoms with E-state index in [1.807, 2.05) is 38.1 Å². The van der Waals surface area contributed by atoms with Crippen LogP contribution in [0.3, 0.4) is 0 Å². The molecule has 6 heteroatoms. The number of hydrogen-bond acceptors (Lipinski definition) is 5. The Bertz CT molecular complexity index is 671. The van der Waals surface area contributed by atoms with Gasteiger partial charge in [-0.05, 0) is 26.0 Å². The molecule has 1 aromatic heterocycles. The lowest BCUT2D eigenvalue weighted by Crippen LogP contribution is -2.54. The van der Waals surface area contributed by atoms with Gasteiger partial charge in [-0.1, -0.05) is 23.7 Å². The number of halogens is 1. The molecular formula is C15H17ClN4O. The Hall–Kier alpha value is -2.01. The molecule has 0 radical (unpaired) electrons. The minimum atomic E-state index is 0.112. The summed E-state index contributed by atoms with van der Waals surface area (Å²) in [7, 11) is 0. The van der Waals surface area contributed by atoms with Crippen molar-refractivity contribution in [2.45, 2.75) is 20.0 Å². The molecule has 1 aliphatic heterocycles. The Kier molecular flexibility index (Phi) is 3.59. The molecule has 0 atom stereocenters. The molecule has 1 fully saturated rings. The highest BCUT2D eigenvalue weighted by Gasteiger charge is 2.31. The highest BCUT2D eigenvalue weighted by Crippen LogP contribution is 2.29. The van der Waals surface area contributed by atoms with Gasteiger partial charge in [0.05, 0.1) is 18.1 Å². The summed E-state index contributed by atoms with van der Waals surface area (Å²) in [6.07, 6.45) is 0.112. The van der Waals surface area contributed by atoms with E-state index in [0.29, 0.717) is 11.0 Å².